The fourth-order valence-electron chi connectivity index (χ4n) is 2.06. The third kappa shape index (κ3) is 4.60. The fourth-order valence-corrected chi connectivity index (χ4v) is 2.28. The number of ether oxygens (including phenoxy) is 1. The van der Waals surface area contributed by atoms with Crippen molar-refractivity contribution in [3.05, 3.63) is 46.9 Å². The molecule has 0 saturated heterocycles. The molecule has 0 spiro atoms. The molecule has 0 atom stereocenters. The Morgan fingerprint density at radius 3 is 2.67 bits per heavy atom. The maximum Gasteiger partial charge on any atom is 0.134 e. The van der Waals surface area contributed by atoms with E-state index in [4.69, 9.17) is 16.3 Å². The molecule has 1 aromatic carbocycles. The highest BCUT2D eigenvalue weighted by atomic mass is 35.5. The van der Waals surface area contributed by atoms with Crippen LogP contribution in [0.1, 0.15) is 25.2 Å². The highest BCUT2D eigenvalue weighted by molar-refractivity contribution is 6.29. The molecule has 0 saturated carbocycles. The Morgan fingerprint density at radius 2 is 2.00 bits per heavy atom. The van der Waals surface area contributed by atoms with Gasteiger partial charge in [-0.1, -0.05) is 23.7 Å². The molecule has 0 radical (unpaired) electrons. The largest absolute Gasteiger partial charge is 0.491 e. The van der Waals surface area contributed by atoms with Gasteiger partial charge in [-0.05, 0) is 38.5 Å². The zero-order chi connectivity index (χ0) is 15.4. The number of hydrogen-bond donors (Lipinski definition) is 0. The van der Waals surface area contributed by atoms with Gasteiger partial charge >= 0.3 is 0 Å². The minimum Gasteiger partial charge on any atom is -0.491 e. The number of aromatic nitrogens is 2. The molecule has 0 fully saturated rings. The van der Waals surface area contributed by atoms with Gasteiger partial charge in [-0.2, -0.15) is 0 Å². The molecule has 0 amide bonds. The maximum atomic E-state index is 5.98. The number of hydrogen-bond acceptors (Lipinski definition) is 4. The van der Waals surface area contributed by atoms with Crippen LogP contribution < -0.4 is 9.64 Å². The highest BCUT2D eigenvalue weighted by Crippen LogP contribution is 2.20. The van der Waals surface area contributed by atoms with E-state index in [0.29, 0.717) is 11.0 Å². The number of benzene rings is 1. The Kier molecular flexibility index (Phi) is 5.02. The van der Waals surface area contributed by atoms with Gasteiger partial charge in [-0.25, -0.2) is 9.97 Å². The van der Waals surface area contributed by atoms with Crippen LogP contribution in [0.2, 0.25) is 5.15 Å². The monoisotopic (exact) mass is 305 g/mol. The van der Waals surface area contributed by atoms with E-state index in [1.165, 1.54) is 0 Å². The second kappa shape index (κ2) is 6.76. The second-order valence-electron chi connectivity index (χ2n) is 5.27. The lowest BCUT2D eigenvalue weighted by atomic mass is 10.2. The number of anilines is 1. The first-order valence-corrected chi connectivity index (χ1v) is 7.30. The van der Waals surface area contributed by atoms with E-state index in [1.807, 2.05) is 50.9 Å². The molecule has 21 heavy (non-hydrogen) atoms. The summed E-state index contributed by atoms with van der Waals surface area (Å²) in [5.74, 6) is 2.36. The molecule has 0 bridgehead atoms. The molecule has 1 aromatic heterocycles. The third-order valence-corrected chi connectivity index (χ3v) is 3.07. The normalized spacial score (nSPS) is 10.8. The molecule has 2 aromatic rings. The Balaban J connectivity index is 2.13. The van der Waals surface area contributed by atoms with Crippen molar-refractivity contribution in [3.63, 3.8) is 0 Å². The zero-order valence-electron chi connectivity index (χ0n) is 12.8. The standard InChI is InChI=1S/C16H20ClN3O/c1-11(2)21-14-7-5-6-13(8-14)10-20(4)16-9-15(17)18-12(3)19-16/h5-9,11H,10H2,1-4H3. The number of halogens is 1. The smallest absolute Gasteiger partial charge is 0.134 e. The van der Waals surface area contributed by atoms with Crippen LogP contribution in [0.3, 0.4) is 0 Å². The van der Waals surface area contributed by atoms with Crippen molar-refractivity contribution >= 4 is 17.4 Å². The van der Waals surface area contributed by atoms with Crippen LogP contribution in [0, 0.1) is 6.92 Å². The van der Waals surface area contributed by atoms with Crippen molar-refractivity contribution in [1.29, 1.82) is 0 Å². The summed E-state index contributed by atoms with van der Waals surface area (Å²) in [5, 5.41) is 0.459. The Labute approximate surface area is 130 Å². The van der Waals surface area contributed by atoms with E-state index in [-0.39, 0.29) is 6.10 Å². The fraction of sp³-hybridized carbons (Fsp3) is 0.375. The average Bonchev–Trinajstić information content (AvgIpc) is 2.37. The van der Waals surface area contributed by atoms with E-state index < -0.39 is 0 Å². The summed E-state index contributed by atoms with van der Waals surface area (Å²) in [4.78, 5) is 10.5. The molecule has 0 aliphatic heterocycles. The van der Waals surface area contributed by atoms with Crippen molar-refractivity contribution in [2.24, 2.45) is 0 Å². The quantitative estimate of drug-likeness (QED) is 0.786. The van der Waals surface area contributed by atoms with Crippen LogP contribution in [0.15, 0.2) is 30.3 Å². The summed E-state index contributed by atoms with van der Waals surface area (Å²) in [6, 6.07) is 9.85. The molecule has 0 aliphatic rings. The minimum atomic E-state index is 0.168. The molecule has 5 heteroatoms. The maximum absolute atomic E-state index is 5.98. The van der Waals surface area contributed by atoms with E-state index in [9.17, 15) is 0 Å². The summed E-state index contributed by atoms with van der Waals surface area (Å²) < 4.78 is 5.72. The number of nitrogens with zero attached hydrogens (tertiary/aromatic N) is 3. The lowest BCUT2D eigenvalue weighted by Crippen LogP contribution is -2.18. The molecule has 0 N–H and O–H groups in total. The predicted molar refractivity (Wildman–Crippen MR) is 86.1 cm³/mol. The number of rotatable bonds is 5. The van der Waals surface area contributed by atoms with Crippen molar-refractivity contribution in [3.8, 4) is 5.75 Å². The van der Waals surface area contributed by atoms with E-state index in [2.05, 4.69) is 16.0 Å². The Hall–Kier alpha value is -1.81. The summed E-state index contributed by atoms with van der Waals surface area (Å²) in [6.07, 6.45) is 0.168. The molecule has 0 aliphatic carbocycles. The highest BCUT2D eigenvalue weighted by Gasteiger charge is 2.07. The minimum absolute atomic E-state index is 0.168. The van der Waals surface area contributed by atoms with Gasteiger partial charge in [0.2, 0.25) is 0 Å². The van der Waals surface area contributed by atoms with Gasteiger partial charge in [-0.15, -0.1) is 0 Å². The van der Waals surface area contributed by atoms with Gasteiger partial charge in [0.05, 0.1) is 6.10 Å². The molecule has 2 rings (SSSR count). The van der Waals surface area contributed by atoms with Crippen molar-refractivity contribution in [2.45, 2.75) is 33.4 Å². The van der Waals surface area contributed by atoms with Crippen molar-refractivity contribution in [2.75, 3.05) is 11.9 Å². The first-order chi connectivity index (χ1) is 9.94. The summed E-state index contributed by atoms with van der Waals surface area (Å²) in [5.41, 5.74) is 1.16. The third-order valence-electron chi connectivity index (χ3n) is 2.87. The van der Waals surface area contributed by atoms with Crippen LogP contribution in [0.5, 0.6) is 5.75 Å². The Bertz CT molecular complexity index is 596. The SMILES string of the molecule is Cc1nc(Cl)cc(N(C)Cc2cccc(OC(C)C)c2)n1. The van der Waals surface area contributed by atoms with Gasteiger partial charge in [-0.3, -0.25) is 0 Å². The lowest BCUT2D eigenvalue weighted by molar-refractivity contribution is 0.242. The lowest BCUT2D eigenvalue weighted by Gasteiger charge is -2.19. The molecular formula is C16H20ClN3O. The van der Waals surface area contributed by atoms with Crippen LogP contribution in [-0.2, 0) is 6.54 Å². The van der Waals surface area contributed by atoms with Crippen molar-refractivity contribution in [1.82, 2.24) is 9.97 Å². The van der Waals surface area contributed by atoms with E-state index in [0.717, 1.165) is 23.7 Å². The molecule has 112 valence electrons. The topological polar surface area (TPSA) is 38.2 Å². The van der Waals surface area contributed by atoms with Crippen LogP contribution in [0.4, 0.5) is 5.82 Å². The summed E-state index contributed by atoms with van der Waals surface area (Å²) in [7, 11) is 1.98. The average molecular weight is 306 g/mol. The van der Waals surface area contributed by atoms with Gasteiger partial charge in [0.25, 0.3) is 0 Å². The molecule has 0 unspecified atom stereocenters. The first-order valence-electron chi connectivity index (χ1n) is 6.92. The zero-order valence-corrected chi connectivity index (χ0v) is 13.6. The summed E-state index contributed by atoms with van der Waals surface area (Å²) in [6.45, 7) is 6.59. The molecule has 1 heterocycles. The van der Waals surface area contributed by atoms with Gasteiger partial charge in [0.15, 0.2) is 0 Å². The molecular weight excluding hydrogens is 286 g/mol. The van der Waals surface area contributed by atoms with Gasteiger partial charge in [0, 0.05) is 19.7 Å². The van der Waals surface area contributed by atoms with E-state index in [1.54, 1.807) is 6.07 Å². The van der Waals surface area contributed by atoms with Crippen LogP contribution >= 0.6 is 11.6 Å². The van der Waals surface area contributed by atoms with Gasteiger partial charge in [0.1, 0.15) is 22.5 Å². The number of aryl methyl sites for hydroxylation is 1. The van der Waals surface area contributed by atoms with E-state index >= 15 is 0 Å². The second-order valence-corrected chi connectivity index (χ2v) is 5.65. The van der Waals surface area contributed by atoms with Crippen molar-refractivity contribution < 1.29 is 4.74 Å². The first kappa shape index (κ1) is 15.6. The van der Waals surface area contributed by atoms with Gasteiger partial charge < -0.3 is 9.64 Å². The van der Waals surface area contributed by atoms with Crippen LogP contribution in [-0.4, -0.2) is 23.1 Å². The predicted octanol–water partition coefficient (Wildman–Crippen LogP) is 3.86. The van der Waals surface area contributed by atoms with Crippen LogP contribution in [0.25, 0.3) is 0 Å². The molecule has 4 nitrogen and oxygen atoms in total. The summed E-state index contributed by atoms with van der Waals surface area (Å²) >= 11 is 5.98. The Morgan fingerprint density at radius 1 is 1.24 bits per heavy atom.